The normalized spacial score (nSPS) is 21.2. The Morgan fingerprint density at radius 1 is 1.80 bits per heavy atom. The molecule has 0 aromatic rings. The van der Waals surface area contributed by atoms with Crippen molar-refractivity contribution in [1.29, 1.82) is 5.26 Å². The Kier molecular flexibility index (Phi) is 3.04. The molecule has 10 heavy (non-hydrogen) atoms. The molecule has 1 rings (SSSR count). The van der Waals surface area contributed by atoms with Crippen LogP contribution in [-0.2, 0) is 4.74 Å². The maximum absolute atomic E-state index is 8.44. The Morgan fingerprint density at radius 3 is 2.90 bits per heavy atom. The smallest absolute Gasteiger partial charge is 0.0661 e. The van der Waals surface area contributed by atoms with Crippen LogP contribution in [0.15, 0.2) is 0 Å². The fourth-order valence-electron chi connectivity index (χ4n) is 0.628. The van der Waals surface area contributed by atoms with E-state index in [0.717, 1.165) is 19.0 Å². The average molecular weight is 157 g/mol. The molecule has 1 saturated heterocycles. The van der Waals surface area contributed by atoms with Gasteiger partial charge >= 0.3 is 0 Å². The van der Waals surface area contributed by atoms with E-state index in [9.17, 15) is 0 Å². The van der Waals surface area contributed by atoms with Gasteiger partial charge in [-0.3, -0.25) is 0 Å². The summed E-state index contributed by atoms with van der Waals surface area (Å²) in [5.74, 6) is 1.13. The summed E-state index contributed by atoms with van der Waals surface area (Å²) >= 11 is 1.85. The lowest BCUT2D eigenvalue weighted by Crippen LogP contribution is -2.30. The molecule has 0 aliphatic carbocycles. The van der Waals surface area contributed by atoms with Gasteiger partial charge in [0.15, 0.2) is 0 Å². The first kappa shape index (κ1) is 7.90. The van der Waals surface area contributed by atoms with E-state index in [2.05, 4.69) is 6.07 Å². The summed E-state index contributed by atoms with van der Waals surface area (Å²) in [6.07, 6.45) is 0. The van der Waals surface area contributed by atoms with Crippen LogP contribution < -0.4 is 0 Å². The Hall–Kier alpha value is -0.200. The van der Waals surface area contributed by atoms with Crippen LogP contribution in [0.2, 0.25) is 0 Å². The number of rotatable bonds is 3. The van der Waals surface area contributed by atoms with Crippen LogP contribution in [0.5, 0.6) is 0 Å². The van der Waals surface area contributed by atoms with Gasteiger partial charge in [0.2, 0.25) is 0 Å². The van der Waals surface area contributed by atoms with Crippen LogP contribution in [0.3, 0.4) is 0 Å². The molecular weight excluding hydrogens is 146 g/mol. The predicted octanol–water partition coefficient (Wildman–Crippen LogP) is 1.28. The lowest BCUT2D eigenvalue weighted by molar-refractivity contribution is 0.0455. The van der Waals surface area contributed by atoms with Crippen molar-refractivity contribution in [1.82, 2.24) is 0 Å². The first-order valence-corrected chi connectivity index (χ1v) is 4.46. The summed E-state index contributed by atoms with van der Waals surface area (Å²) in [7, 11) is 0. The maximum atomic E-state index is 8.44. The summed E-state index contributed by atoms with van der Waals surface area (Å²) in [6.45, 7) is 3.71. The molecule has 56 valence electrons. The molecule has 0 aromatic heterocycles. The SMILES string of the molecule is CC(C#N)CSC1COC1. The first-order chi connectivity index (χ1) is 4.83. The molecule has 0 aromatic carbocycles. The summed E-state index contributed by atoms with van der Waals surface area (Å²) in [5, 5.41) is 9.11. The molecule has 0 spiro atoms. The second kappa shape index (κ2) is 3.85. The monoisotopic (exact) mass is 157 g/mol. The molecule has 0 amide bonds. The maximum Gasteiger partial charge on any atom is 0.0661 e. The van der Waals surface area contributed by atoms with Gasteiger partial charge < -0.3 is 4.74 Å². The zero-order valence-corrected chi connectivity index (χ0v) is 6.86. The molecule has 1 unspecified atom stereocenters. The van der Waals surface area contributed by atoms with Gasteiger partial charge in [0.1, 0.15) is 0 Å². The first-order valence-electron chi connectivity index (χ1n) is 3.42. The van der Waals surface area contributed by atoms with Crippen molar-refractivity contribution in [2.24, 2.45) is 5.92 Å². The van der Waals surface area contributed by atoms with E-state index in [-0.39, 0.29) is 5.92 Å². The van der Waals surface area contributed by atoms with Crippen molar-refractivity contribution in [2.45, 2.75) is 12.2 Å². The second-order valence-corrected chi connectivity index (χ2v) is 3.86. The number of ether oxygens (including phenoxy) is 1. The Balaban J connectivity index is 1.99. The average Bonchev–Trinajstić information content (AvgIpc) is 1.84. The summed E-state index contributed by atoms with van der Waals surface area (Å²) in [6, 6.07) is 2.21. The van der Waals surface area contributed by atoms with Crippen molar-refractivity contribution in [3.05, 3.63) is 0 Å². The molecule has 1 heterocycles. The molecule has 0 N–H and O–H groups in total. The van der Waals surface area contributed by atoms with Crippen LogP contribution in [-0.4, -0.2) is 24.2 Å². The van der Waals surface area contributed by atoms with Gasteiger partial charge in [-0.15, -0.1) is 0 Å². The van der Waals surface area contributed by atoms with Gasteiger partial charge in [0, 0.05) is 5.75 Å². The summed E-state index contributed by atoms with van der Waals surface area (Å²) in [5.41, 5.74) is 0. The highest BCUT2D eigenvalue weighted by molar-refractivity contribution is 8.00. The van der Waals surface area contributed by atoms with E-state index in [1.807, 2.05) is 18.7 Å². The second-order valence-electron chi connectivity index (χ2n) is 2.52. The zero-order valence-electron chi connectivity index (χ0n) is 6.04. The van der Waals surface area contributed by atoms with E-state index < -0.39 is 0 Å². The number of nitriles is 1. The lowest BCUT2D eigenvalue weighted by atomic mass is 10.3. The zero-order chi connectivity index (χ0) is 7.40. The van der Waals surface area contributed by atoms with Gasteiger partial charge in [-0.2, -0.15) is 17.0 Å². The minimum atomic E-state index is 0.186. The van der Waals surface area contributed by atoms with Crippen molar-refractivity contribution in [2.75, 3.05) is 19.0 Å². The highest BCUT2D eigenvalue weighted by atomic mass is 32.2. The fourth-order valence-corrected chi connectivity index (χ4v) is 1.65. The Bertz CT molecular complexity index is 139. The van der Waals surface area contributed by atoms with Crippen molar-refractivity contribution in [3.8, 4) is 6.07 Å². The summed E-state index contributed by atoms with van der Waals surface area (Å²) in [4.78, 5) is 0. The molecular formula is C7H11NOS. The standard InChI is InChI=1S/C7H11NOS/c1-6(2-8)5-10-7-3-9-4-7/h6-7H,3-5H2,1H3. The Labute approximate surface area is 65.6 Å². The van der Waals surface area contributed by atoms with Gasteiger partial charge in [0.25, 0.3) is 0 Å². The van der Waals surface area contributed by atoms with Crippen LogP contribution in [0, 0.1) is 17.2 Å². The number of hydrogen-bond acceptors (Lipinski definition) is 3. The topological polar surface area (TPSA) is 33.0 Å². The van der Waals surface area contributed by atoms with E-state index in [4.69, 9.17) is 10.00 Å². The molecule has 0 saturated carbocycles. The molecule has 1 aliphatic rings. The van der Waals surface area contributed by atoms with Gasteiger partial charge in [-0.05, 0) is 6.92 Å². The van der Waals surface area contributed by atoms with E-state index in [0.29, 0.717) is 5.25 Å². The molecule has 1 aliphatic heterocycles. The highest BCUT2D eigenvalue weighted by Crippen LogP contribution is 2.20. The minimum Gasteiger partial charge on any atom is -0.379 e. The fraction of sp³-hybridized carbons (Fsp3) is 0.857. The van der Waals surface area contributed by atoms with Gasteiger partial charge in [-0.1, -0.05) is 0 Å². The minimum absolute atomic E-state index is 0.186. The molecule has 1 fully saturated rings. The lowest BCUT2D eigenvalue weighted by Gasteiger charge is -2.25. The van der Waals surface area contributed by atoms with Crippen LogP contribution in [0.4, 0.5) is 0 Å². The quantitative estimate of drug-likeness (QED) is 0.618. The van der Waals surface area contributed by atoms with E-state index in [1.165, 1.54) is 0 Å². The van der Waals surface area contributed by atoms with E-state index in [1.54, 1.807) is 0 Å². The number of hydrogen-bond donors (Lipinski definition) is 0. The van der Waals surface area contributed by atoms with Crippen LogP contribution >= 0.6 is 11.8 Å². The largest absolute Gasteiger partial charge is 0.379 e. The predicted molar refractivity (Wildman–Crippen MR) is 41.8 cm³/mol. The third-order valence-corrected chi connectivity index (χ3v) is 2.85. The molecule has 2 nitrogen and oxygen atoms in total. The van der Waals surface area contributed by atoms with Crippen molar-refractivity contribution >= 4 is 11.8 Å². The van der Waals surface area contributed by atoms with Gasteiger partial charge in [0.05, 0.1) is 30.5 Å². The van der Waals surface area contributed by atoms with Gasteiger partial charge in [-0.25, -0.2) is 0 Å². The summed E-state index contributed by atoms with van der Waals surface area (Å²) < 4.78 is 5.00. The number of nitrogens with zero attached hydrogens (tertiary/aromatic N) is 1. The van der Waals surface area contributed by atoms with Crippen LogP contribution in [0.1, 0.15) is 6.92 Å². The molecule has 1 atom stereocenters. The van der Waals surface area contributed by atoms with E-state index >= 15 is 0 Å². The number of thioether (sulfide) groups is 1. The van der Waals surface area contributed by atoms with Crippen molar-refractivity contribution in [3.63, 3.8) is 0 Å². The molecule has 0 radical (unpaired) electrons. The van der Waals surface area contributed by atoms with Crippen LogP contribution in [0.25, 0.3) is 0 Å². The van der Waals surface area contributed by atoms with Crippen molar-refractivity contribution < 1.29 is 4.74 Å². The highest BCUT2D eigenvalue weighted by Gasteiger charge is 2.19. The molecule has 3 heteroatoms. The third kappa shape index (κ3) is 2.20. The Morgan fingerprint density at radius 2 is 2.50 bits per heavy atom. The molecule has 0 bridgehead atoms. The third-order valence-electron chi connectivity index (χ3n) is 1.41.